The predicted octanol–water partition coefficient (Wildman–Crippen LogP) is 5.43. The average Bonchev–Trinajstić information content (AvgIpc) is 3.36. The maximum atomic E-state index is 5.41. The van der Waals surface area contributed by atoms with E-state index in [1.165, 1.54) is 0 Å². The van der Waals surface area contributed by atoms with E-state index in [-0.39, 0.29) is 0 Å². The van der Waals surface area contributed by atoms with Crippen LogP contribution in [0.5, 0.6) is 11.5 Å². The summed E-state index contributed by atoms with van der Waals surface area (Å²) in [4.78, 5) is 16.4. The Bertz CT molecular complexity index is 1460. The summed E-state index contributed by atoms with van der Waals surface area (Å²) in [5.74, 6) is 1.65. The first-order valence-corrected chi connectivity index (χ1v) is 9.66. The SMILES string of the molecule is COc1ccc2[nH]c3c(-c4nccc5c4[nH]c4ccc(OC)cc45)nccc3c2c1. The molecule has 0 unspecified atom stereocenters. The second-order valence-electron chi connectivity index (χ2n) is 7.24. The molecule has 6 nitrogen and oxygen atoms in total. The molecule has 146 valence electrons. The molecule has 0 aliphatic heterocycles. The monoisotopic (exact) mass is 394 g/mol. The Balaban J connectivity index is 1.67. The van der Waals surface area contributed by atoms with Crippen molar-refractivity contribution in [1.82, 2.24) is 19.9 Å². The van der Waals surface area contributed by atoms with E-state index >= 15 is 0 Å². The van der Waals surface area contributed by atoms with Crippen LogP contribution in [0, 0.1) is 0 Å². The molecule has 0 spiro atoms. The zero-order chi connectivity index (χ0) is 20.2. The van der Waals surface area contributed by atoms with E-state index in [0.29, 0.717) is 0 Å². The van der Waals surface area contributed by atoms with Crippen LogP contribution in [0.15, 0.2) is 60.9 Å². The van der Waals surface area contributed by atoms with Crippen molar-refractivity contribution in [3.63, 3.8) is 0 Å². The van der Waals surface area contributed by atoms with Crippen molar-refractivity contribution in [3.8, 4) is 22.9 Å². The molecule has 2 N–H and O–H groups in total. The third kappa shape index (κ3) is 2.30. The van der Waals surface area contributed by atoms with E-state index in [0.717, 1.165) is 66.5 Å². The van der Waals surface area contributed by atoms with Crippen molar-refractivity contribution < 1.29 is 9.47 Å². The van der Waals surface area contributed by atoms with Crippen LogP contribution in [-0.4, -0.2) is 34.2 Å². The van der Waals surface area contributed by atoms with E-state index in [4.69, 9.17) is 19.4 Å². The molecule has 4 heterocycles. The third-order valence-electron chi connectivity index (χ3n) is 5.68. The van der Waals surface area contributed by atoms with Gasteiger partial charge in [-0.15, -0.1) is 0 Å². The normalized spacial score (nSPS) is 11.7. The van der Waals surface area contributed by atoms with Crippen molar-refractivity contribution in [1.29, 1.82) is 0 Å². The lowest BCUT2D eigenvalue weighted by molar-refractivity contribution is 0.415. The Hall–Kier alpha value is -4.06. The number of hydrogen-bond donors (Lipinski definition) is 2. The standard InChI is InChI=1S/C24H18N4O2/c1-29-13-3-5-19-17(11-13)15-7-9-25-23(21(15)27-19)24-22-16(8-10-26-24)18-12-14(30-2)4-6-20(18)28-22/h3-12,27-28H,1-2H3. The third-order valence-corrected chi connectivity index (χ3v) is 5.68. The fourth-order valence-corrected chi connectivity index (χ4v) is 4.22. The first kappa shape index (κ1) is 16.9. The number of nitrogens with one attached hydrogen (secondary N) is 2. The van der Waals surface area contributed by atoms with Crippen molar-refractivity contribution in [2.45, 2.75) is 0 Å². The van der Waals surface area contributed by atoms with Gasteiger partial charge in [-0.3, -0.25) is 9.97 Å². The van der Waals surface area contributed by atoms with Gasteiger partial charge in [0.15, 0.2) is 0 Å². The molecular formula is C24H18N4O2. The Kier molecular flexibility index (Phi) is 3.49. The summed E-state index contributed by atoms with van der Waals surface area (Å²) in [5, 5.41) is 4.37. The van der Waals surface area contributed by atoms with Gasteiger partial charge in [0.1, 0.15) is 22.9 Å². The molecule has 6 heteroatoms. The molecule has 0 aliphatic rings. The Morgan fingerprint density at radius 1 is 0.600 bits per heavy atom. The molecule has 4 aromatic heterocycles. The zero-order valence-electron chi connectivity index (χ0n) is 16.5. The minimum atomic E-state index is 0.812. The quantitative estimate of drug-likeness (QED) is 0.420. The number of methoxy groups -OCH3 is 2. The molecule has 0 amide bonds. The van der Waals surface area contributed by atoms with Crippen molar-refractivity contribution in [2.75, 3.05) is 14.2 Å². The Morgan fingerprint density at radius 3 is 1.50 bits per heavy atom. The average molecular weight is 394 g/mol. The second kappa shape index (κ2) is 6.22. The van der Waals surface area contributed by atoms with E-state index in [1.54, 1.807) is 14.2 Å². The number of aromatic nitrogens is 4. The number of H-pyrrole nitrogens is 2. The largest absolute Gasteiger partial charge is 0.497 e. The highest BCUT2D eigenvalue weighted by Crippen LogP contribution is 2.37. The van der Waals surface area contributed by atoms with E-state index in [9.17, 15) is 0 Å². The van der Waals surface area contributed by atoms with E-state index in [1.807, 2.05) is 60.9 Å². The van der Waals surface area contributed by atoms with Gasteiger partial charge < -0.3 is 19.4 Å². The highest BCUT2D eigenvalue weighted by molar-refractivity contribution is 6.15. The maximum Gasteiger partial charge on any atom is 0.119 e. The zero-order valence-corrected chi connectivity index (χ0v) is 16.5. The smallest absolute Gasteiger partial charge is 0.119 e. The van der Waals surface area contributed by atoms with Crippen molar-refractivity contribution >= 4 is 43.6 Å². The molecule has 0 atom stereocenters. The van der Waals surface area contributed by atoms with Crippen LogP contribution in [0.1, 0.15) is 0 Å². The highest BCUT2D eigenvalue weighted by Gasteiger charge is 2.17. The summed E-state index contributed by atoms with van der Waals surface area (Å²) in [6.07, 6.45) is 3.66. The number of nitrogens with zero attached hydrogens (tertiary/aromatic N) is 2. The fourth-order valence-electron chi connectivity index (χ4n) is 4.22. The number of fused-ring (bicyclic) bond motifs is 6. The first-order chi connectivity index (χ1) is 14.8. The van der Waals surface area contributed by atoms with Crippen LogP contribution >= 0.6 is 0 Å². The maximum absolute atomic E-state index is 5.41. The van der Waals surface area contributed by atoms with Gasteiger partial charge in [-0.05, 0) is 48.5 Å². The summed E-state index contributed by atoms with van der Waals surface area (Å²) in [5.41, 5.74) is 5.61. The lowest BCUT2D eigenvalue weighted by atomic mass is 10.1. The summed E-state index contributed by atoms with van der Waals surface area (Å²) in [6, 6.07) is 16.1. The van der Waals surface area contributed by atoms with Gasteiger partial charge in [0.2, 0.25) is 0 Å². The number of rotatable bonds is 3. The van der Waals surface area contributed by atoms with Crippen LogP contribution in [0.4, 0.5) is 0 Å². The minimum absolute atomic E-state index is 0.812. The molecule has 0 bridgehead atoms. The van der Waals surface area contributed by atoms with Crippen LogP contribution in [-0.2, 0) is 0 Å². The van der Waals surface area contributed by atoms with Crippen LogP contribution in [0.25, 0.3) is 55.0 Å². The molecule has 0 aliphatic carbocycles. The van der Waals surface area contributed by atoms with E-state index < -0.39 is 0 Å². The number of ether oxygens (including phenoxy) is 2. The van der Waals surface area contributed by atoms with Crippen LogP contribution < -0.4 is 9.47 Å². The fraction of sp³-hybridized carbons (Fsp3) is 0.0833. The van der Waals surface area contributed by atoms with Gasteiger partial charge in [0.05, 0.1) is 25.3 Å². The van der Waals surface area contributed by atoms with Gasteiger partial charge in [-0.25, -0.2) is 0 Å². The summed E-state index contributed by atoms with van der Waals surface area (Å²) in [7, 11) is 3.36. The molecule has 0 radical (unpaired) electrons. The molecule has 6 rings (SSSR count). The summed E-state index contributed by atoms with van der Waals surface area (Å²) in [6.45, 7) is 0. The van der Waals surface area contributed by atoms with E-state index in [2.05, 4.69) is 9.97 Å². The Labute approximate surface area is 171 Å². The lowest BCUT2D eigenvalue weighted by Gasteiger charge is -2.04. The minimum Gasteiger partial charge on any atom is -0.497 e. The number of pyridine rings is 2. The number of aromatic amines is 2. The highest BCUT2D eigenvalue weighted by atomic mass is 16.5. The van der Waals surface area contributed by atoms with Crippen LogP contribution in [0.2, 0.25) is 0 Å². The second-order valence-corrected chi connectivity index (χ2v) is 7.24. The molecule has 30 heavy (non-hydrogen) atoms. The first-order valence-electron chi connectivity index (χ1n) is 9.66. The molecule has 0 saturated heterocycles. The molecular weight excluding hydrogens is 376 g/mol. The predicted molar refractivity (Wildman–Crippen MR) is 119 cm³/mol. The van der Waals surface area contributed by atoms with Gasteiger partial charge >= 0.3 is 0 Å². The van der Waals surface area contributed by atoms with Crippen LogP contribution in [0.3, 0.4) is 0 Å². The van der Waals surface area contributed by atoms with Crippen molar-refractivity contribution in [3.05, 3.63) is 60.9 Å². The van der Waals surface area contributed by atoms with Gasteiger partial charge in [0, 0.05) is 45.0 Å². The Morgan fingerprint density at radius 2 is 1.07 bits per heavy atom. The van der Waals surface area contributed by atoms with Gasteiger partial charge in [0.25, 0.3) is 0 Å². The molecule has 0 fully saturated rings. The lowest BCUT2D eigenvalue weighted by Crippen LogP contribution is -1.90. The van der Waals surface area contributed by atoms with Gasteiger partial charge in [-0.2, -0.15) is 0 Å². The summed E-state index contributed by atoms with van der Waals surface area (Å²) >= 11 is 0. The van der Waals surface area contributed by atoms with Gasteiger partial charge in [-0.1, -0.05) is 0 Å². The molecule has 2 aromatic carbocycles. The molecule has 6 aromatic rings. The molecule has 0 saturated carbocycles. The van der Waals surface area contributed by atoms with Crippen molar-refractivity contribution in [2.24, 2.45) is 0 Å². The number of benzene rings is 2. The summed E-state index contributed by atoms with van der Waals surface area (Å²) < 4.78 is 10.8. The number of hydrogen-bond acceptors (Lipinski definition) is 4. The topological polar surface area (TPSA) is 75.8 Å².